The number of rotatable bonds is 2. The Bertz CT molecular complexity index is 585. The van der Waals surface area contributed by atoms with Crippen LogP contribution in [0.2, 0.25) is 10.0 Å². The van der Waals surface area contributed by atoms with Crippen molar-refractivity contribution in [2.45, 2.75) is 25.2 Å². The summed E-state index contributed by atoms with van der Waals surface area (Å²) in [5, 5.41) is 10.1. The number of nitrogens with zero attached hydrogens (tertiary/aromatic N) is 2. The molecule has 2 aromatic rings. The molecule has 1 aromatic carbocycles. The number of aliphatic hydroxyl groups excluding tert-OH is 1. The maximum Gasteiger partial charge on any atom is 0.135 e. The number of halogens is 2. The third-order valence-electron chi connectivity index (χ3n) is 3.22. The minimum atomic E-state index is -0.0932. The second kappa shape index (κ2) is 4.70. The van der Waals surface area contributed by atoms with Crippen molar-refractivity contribution in [1.29, 1.82) is 0 Å². The predicted octanol–water partition coefficient (Wildman–Crippen LogP) is 3.01. The SMILES string of the molecule is OC[C@@H]1CC[C@H](n2cnc3cc(Cl)c(Cl)cc32)O1. The normalized spacial score (nSPS) is 23.9. The summed E-state index contributed by atoms with van der Waals surface area (Å²) in [5.41, 5.74) is 1.69. The Morgan fingerprint density at radius 2 is 2.11 bits per heavy atom. The van der Waals surface area contributed by atoms with Crippen LogP contribution in [0.1, 0.15) is 19.1 Å². The molecule has 0 unspecified atom stereocenters. The average Bonchev–Trinajstić information content (AvgIpc) is 2.96. The molecule has 1 aliphatic heterocycles. The first kappa shape index (κ1) is 12.2. The van der Waals surface area contributed by atoms with E-state index in [1.165, 1.54) is 0 Å². The van der Waals surface area contributed by atoms with Crippen LogP contribution >= 0.6 is 23.2 Å². The largest absolute Gasteiger partial charge is 0.394 e. The highest BCUT2D eigenvalue weighted by Gasteiger charge is 2.27. The van der Waals surface area contributed by atoms with Gasteiger partial charge in [0.25, 0.3) is 0 Å². The molecule has 4 nitrogen and oxygen atoms in total. The van der Waals surface area contributed by atoms with Crippen molar-refractivity contribution in [3.05, 3.63) is 28.5 Å². The van der Waals surface area contributed by atoms with Gasteiger partial charge in [-0.05, 0) is 25.0 Å². The fourth-order valence-corrected chi connectivity index (χ4v) is 2.59. The first-order valence-electron chi connectivity index (χ1n) is 5.77. The van der Waals surface area contributed by atoms with Crippen molar-refractivity contribution in [2.24, 2.45) is 0 Å². The third-order valence-corrected chi connectivity index (χ3v) is 3.94. The Balaban J connectivity index is 2.00. The van der Waals surface area contributed by atoms with E-state index in [0.29, 0.717) is 10.0 Å². The lowest BCUT2D eigenvalue weighted by Gasteiger charge is -2.14. The van der Waals surface area contributed by atoms with Crippen molar-refractivity contribution in [2.75, 3.05) is 6.61 Å². The Kier molecular flexibility index (Phi) is 3.20. The fraction of sp³-hybridized carbons (Fsp3) is 0.417. The minimum absolute atomic E-state index is 0.0513. The van der Waals surface area contributed by atoms with Crippen LogP contribution in [-0.2, 0) is 4.74 Å². The van der Waals surface area contributed by atoms with E-state index >= 15 is 0 Å². The van der Waals surface area contributed by atoms with E-state index in [1.807, 2.05) is 4.57 Å². The molecule has 0 spiro atoms. The van der Waals surface area contributed by atoms with Crippen LogP contribution in [0.4, 0.5) is 0 Å². The Hall–Kier alpha value is -0.810. The predicted molar refractivity (Wildman–Crippen MR) is 70.0 cm³/mol. The molecule has 1 saturated heterocycles. The highest BCUT2D eigenvalue weighted by molar-refractivity contribution is 6.42. The number of hydrogen-bond acceptors (Lipinski definition) is 3. The first-order valence-corrected chi connectivity index (χ1v) is 6.52. The van der Waals surface area contributed by atoms with Crippen LogP contribution in [-0.4, -0.2) is 27.4 Å². The molecule has 0 aliphatic carbocycles. The number of imidazole rings is 1. The molecule has 1 fully saturated rings. The molecule has 0 radical (unpaired) electrons. The molecule has 96 valence electrons. The number of aliphatic hydroxyl groups is 1. The van der Waals surface area contributed by atoms with Crippen LogP contribution in [0.5, 0.6) is 0 Å². The minimum Gasteiger partial charge on any atom is -0.394 e. The van der Waals surface area contributed by atoms with Gasteiger partial charge in [-0.3, -0.25) is 0 Å². The Morgan fingerprint density at radius 3 is 2.83 bits per heavy atom. The second-order valence-corrected chi connectivity index (χ2v) is 5.19. The van der Waals surface area contributed by atoms with Gasteiger partial charge in [-0.25, -0.2) is 4.98 Å². The van der Waals surface area contributed by atoms with Gasteiger partial charge >= 0.3 is 0 Å². The number of fused-ring (bicyclic) bond motifs is 1. The molecule has 2 heterocycles. The maximum absolute atomic E-state index is 9.09. The lowest BCUT2D eigenvalue weighted by atomic mass is 10.2. The molecule has 6 heteroatoms. The van der Waals surface area contributed by atoms with Crippen molar-refractivity contribution in [1.82, 2.24) is 9.55 Å². The zero-order valence-corrected chi connectivity index (χ0v) is 11.0. The third kappa shape index (κ3) is 1.99. The summed E-state index contributed by atoms with van der Waals surface area (Å²) in [4.78, 5) is 4.29. The lowest BCUT2D eigenvalue weighted by Crippen LogP contribution is -2.13. The van der Waals surface area contributed by atoms with Crippen LogP contribution in [0.15, 0.2) is 18.5 Å². The van der Waals surface area contributed by atoms with Crippen LogP contribution in [0, 0.1) is 0 Å². The van der Waals surface area contributed by atoms with Gasteiger partial charge in [0.15, 0.2) is 0 Å². The van der Waals surface area contributed by atoms with Gasteiger partial charge in [-0.2, -0.15) is 0 Å². The number of aromatic nitrogens is 2. The van der Waals surface area contributed by atoms with E-state index in [1.54, 1.807) is 18.5 Å². The van der Waals surface area contributed by atoms with Gasteiger partial charge in [-0.15, -0.1) is 0 Å². The molecule has 0 bridgehead atoms. The van der Waals surface area contributed by atoms with Gasteiger partial charge in [0.2, 0.25) is 0 Å². The summed E-state index contributed by atoms with van der Waals surface area (Å²) in [7, 11) is 0. The maximum atomic E-state index is 9.09. The number of benzene rings is 1. The van der Waals surface area contributed by atoms with Crippen molar-refractivity contribution in [3.8, 4) is 0 Å². The molecule has 1 N–H and O–H groups in total. The molecule has 18 heavy (non-hydrogen) atoms. The van der Waals surface area contributed by atoms with E-state index < -0.39 is 0 Å². The summed E-state index contributed by atoms with van der Waals surface area (Å²) in [5.74, 6) is 0. The Labute approximate surface area is 114 Å². The van der Waals surface area contributed by atoms with Crippen molar-refractivity contribution in [3.63, 3.8) is 0 Å². The second-order valence-electron chi connectivity index (χ2n) is 4.38. The van der Waals surface area contributed by atoms with E-state index in [0.717, 1.165) is 23.9 Å². The topological polar surface area (TPSA) is 47.3 Å². The Morgan fingerprint density at radius 1 is 1.33 bits per heavy atom. The summed E-state index contributed by atoms with van der Waals surface area (Å²) in [6, 6.07) is 3.54. The van der Waals surface area contributed by atoms with Crippen molar-refractivity contribution >= 4 is 34.2 Å². The zero-order valence-electron chi connectivity index (χ0n) is 9.51. The molecule has 1 aliphatic rings. The van der Waals surface area contributed by atoms with E-state index in [9.17, 15) is 0 Å². The summed E-state index contributed by atoms with van der Waals surface area (Å²) in [6.45, 7) is 0.0513. The molecular weight excluding hydrogens is 275 g/mol. The molecule has 1 aromatic heterocycles. The number of ether oxygens (including phenoxy) is 1. The molecule has 3 rings (SSSR count). The highest BCUT2D eigenvalue weighted by atomic mass is 35.5. The quantitative estimate of drug-likeness (QED) is 0.923. The number of hydrogen-bond donors (Lipinski definition) is 1. The van der Waals surface area contributed by atoms with E-state index in [-0.39, 0.29) is 18.9 Å². The van der Waals surface area contributed by atoms with Crippen molar-refractivity contribution < 1.29 is 9.84 Å². The summed E-state index contributed by atoms with van der Waals surface area (Å²) in [6.07, 6.45) is 3.25. The molecule has 0 saturated carbocycles. The lowest BCUT2D eigenvalue weighted by molar-refractivity contribution is -0.0204. The zero-order chi connectivity index (χ0) is 12.7. The van der Waals surface area contributed by atoms with Gasteiger partial charge < -0.3 is 14.4 Å². The first-order chi connectivity index (χ1) is 8.69. The van der Waals surface area contributed by atoms with Crippen LogP contribution in [0.25, 0.3) is 11.0 Å². The van der Waals surface area contributed by atoms with E-state index in [2.05, 4.69) is 4.98 Å². The molecule has 2 atom stereocenters. The molecular formula is C12H12Cl2N2O2. The van der Waals surface area contributed by atoms with E-state index in [4.69, 9.17) is 33.0 Å². The summed E-state index contributed by atoms with van der Waals surface area (Å²) >= 11 is 12.0. The van der Waals surface area contributed by atoms with Gasteiger partial charge in [0, 0.05) is 0 Å². The smallest absolute Gasteiger partial charge is 0.135 e. The standard InChI is InChI=1S/C12H12Cl2N2O2/c13-8-3-10-11(4-9(8)14)16(6-15-10)12-2-1-7(5-17)18-12/h3-4,6-7,12,17H,1-2,5H2/t7-,12+/m0/s1. The average molecular weight is 287 g/mol. The fourth-order valence-electron chi connectivity index (χ4n) is 2.28. The van der Waals surface area contributed by atoms with Gasteiger partial charge in [0.05, 0.1) is 40.1 Å². The van der Waals surface area contributed by atoms with Gasteiger partial charge in [0.1, 0.15) is 6.23 Å². The highest BCUT2D eigenvalue weighted by Crippen LogP contribution is 2.33. The van der Waals surface area contributed by atoms with Gasteiger partial charge in [-0.1, -0.05) is 23.2 Å². The summed E-state index contributed by atoms with van der Waals surface area (Å²) < 4.78 is 7.67. The van der Waals surface area contributed by atoms with Crippen LogP contribution < -0.4 is 0 Å². The molecule has 0 amide bonds. The van der Waals surface area contributed by atoms with Crippen LogP contribution in [0.3, 0.4) is 0 Å². The monoisotopic (exact) mass is 286 g/mol.